The summed E-state index contributed by atoms with van der Waals surface area (Å²) in [6.07, 6.45) is 1.18. The maximum absolute atomic E-state index is 14.3. The summed E-state index contributed by atoms with van der Waals surface area (Å²) < 4.78 is 62.1. The highest BCUT2D eigenvalue weighted by Gasteiger charge is 2.35. The average molecular weight is 683 g/mol. The van der Waals surface area contributed by atoms with E-state index in [1.54, 1.807) is 17.0 Å². The van der Waals surface area contributed by atoms with Crippen molar-refractivity contribution in [3.8, 4) is 17.0 Å². The van der Waals surface area contributed by atoms with Crippen LogP contribution in [-0.2, 0) is 21.9 Å². The third-order valence-corrected chi connectivity index (χ3v) is 10.9. The van der Waals surface area contributed by atoms with E-state index in [0.29, 0.717) is 49.4 Å². The molecule has 3 aromatic rings. The third kappa shape index (κ3) is 9.84. The van der Waals surface area contributed by atoms with Crippen LogP contribution in [0.5, 0.6) is 5.75 Å². The molecule has 3 heterocycles. The van der Waals surface area contributed by atoms with E-state index >= 15 is 0 Å². The number of piperidine rings is 1. The smallest absolute Gasteiger partial charge is 0.419 e. The minimum absolute atomic E-state index is 0.0485. The summed E-state index contributed by atoms with van der Waals surface area (Å²) in [6.45, 7) is 14.3. The Balaban J connectivity index is 1.43. The highest BCUT2D eigenvalue weighted by molar-refractivity contribution is 6.71. The number of fused-ring (bicyclic) bond motifs is 1. The zero-order valence-corrected chi connectivity index (χ0v) is 29.4. The van der Waals surface area contributed by atoms with Crippen LogP contribution in [0, 0.1) is 5.92 Å². The molecule has 0 atom stereocenters. The van der Waals surface area contributed by atoms with E-state index in [1.165, 1.54) is 6.07 Å². The molecule has 1 fully saturated rings. The number of aromatic nitrogens is 3. The molecule has 0 N–H and O–H groups in total. The number of ether oxygens (including phenoxy) is 2. The van der Waals surface area contributed by atoms with Crippen molar-refractivity contribution in [1.82, 2.24) is 19.4 Å². The topological polar surface area (TPSA) is 78.7 Å². The number of carbonyl (C=O) groups excluding carboxylic acids is 1. The Morgan fingerprint density at radius 2 is 1.80 bits per heavy atom. The average Bonchev–Trinajstić information content (AvgIpc) is 3.37. The monoisotopic (exact) mass is 682 g/mol. The number of benzene rings is 1. The standard InChI is InChI=1S/C33H46ClF3N4O4Si/c1-7-8-21-46(5,6)44-20-18-40-17-13-25-28(38-30(34)39-29(25)40)24-9-10-27(26(22-24)33(35,36)37)43-19-14-23-11-15-41(16-12-23)31(42)45-32(2,3)4/h9-10,13,17,22-23H,7-8,11-12,14-16,18-21H2,1-6H3. The van der Waals surface area contributed by atoms with Crippen molar-refractivity contribution >= 4 is 37.0 Å². The Morgan fingerprint density at radius 3 is 2.46 bits per heavy atom. The minimum Gasteiger partial charge on any atom is -0.493 e. The SMILES string of the molecule is CCCC[Si](C)(C)OCCn1ccc2c(-c3ccc(OCCC4CCN(C(=O)OC(C)(C)C)CC4)c(C(F)(F)F)c3)nc(Cl)nc21. The fourth-order valence-electron chi connectivity index (χ4n) is 5.62. The molecule has 0 unspecified atom stereocenters. The maximum Gasteiger partial charge on any atom is 0.419 e. The molecule has 1 aromatic carbocycles. The number of hydrogen-bond acceptors (Lipinski definition) is 6. The molecular weight excluding hydrogens is 637 g/mol. The number of halogens is 4. The molecule has 1 aliphatic rings. The van der Waals surface area contributed by atoms with E-state index in [1.807, 2.05) is 31.5 Å². The van der Waals surface area contributed by atoms with E-state index in [-0.39, 0.29) is 35.2 Å². The van der Waals surface area contributed by atoms with Crippen molar-refractivity contribution in [1.29, 1.82) is 0 Å². The molecule has 4 rings (SSSR count). The molecule has 2 aromatic heterocycles. The van der Waals surface area contributed by atoms with E-state index < -0.39 is 25.7 Å². The Labute approximate surface area is 275 Å². The lowest BCUT2D eigenvalue weighted by Gasteiger charge is -2.33. The third-order valence-electron chi connectivity index (χ3n) is 8.16. The molecule has 0 radical (unpaired) electrons. The van der Waals surface area contributed by atoms with Crippen LogP contribution < -0.4 is 4.74 Å². The number of rotatable bonds is 12. The van der Waals surface area contributed by atoms with Gasteiger partial charge in [0.25, 0.3) is 0 Å². The van der Waals surface area contributed by atoms with Crippen LogP contribution in [0.1, 0.15) is 65.4 Å². The summed E-state index contributed by atoms with van der Waals surface area (Å²) in [7, 11) is -1.77. The van der Waals surface area contributed by atoms with Crippen LogP contribution in [0.15, 0.2) is 30.5 Å². The van der Waals surface area contributed by atoms with Crippen molar-refractivity contribution in [2.75, 3.05) is 26.3 Å². The van der Waals surface area contributed by atoms with Gasteiger partial charge in [-0.15, -0.1) is 0 Å². The molecule has 0 spiro atoms. The summed E-state index contributed by atoms with van der Waals surface area (Å²) in [5.41, 5.74) is -0.309. The summed E-state index contributed by atoms with van der Waals surface area (Å²) in [5.74, 6) is 0.00588. The van der Waals surface area contributed by atoms with Gasteiger partial charge in [0.2, 0.25) is 5.28 Å². The zero-order chi connectivity index (χ0) is 33.7. The largest absolute Gasteiger partial charge is 0.493 e. The van der Waals surface area contributed by atoms with Gasteiger partial charge >= 0.3 is 12.3 Å². The first-order valence-electron chi connectivity index (χ1n) is 16.0. The van der Waals surface area contributed by atoms with Crippen LogP contribution in [0.4, 0.5) is 18.0 Å². The van der Waals surface area contributed by atoms with E-state index in [2.05, 4.69) is 30.0 Å². The number of nitrogens with zero attached hydrogens (tertiary/aromatic N) is 4. The molecule has 8 nitrogen and oxygen atoms in total. The quantitative estimate of drug-likeness (QED) is 0.140. The van der Waals surface area contributed by atoms with Crippen molar-refractivity contribution in [2.24, 2.45) is 5.92 Å². The van der Waals surface area contributed by atoms with Gasteiger partial charge in [-0.05, 0) is 101 Å². The number of alkyl halides is 3. The Kier molecular flexibility index (Phi) is 11.7. The second-order valence-electron chi connectivity index (χ2n) is 13.6. The predicted octanol–water partition coefficient (Wildman–Crippen LogP) is 9.21. The van der Waals surface area contributed by atoms with Crippen molar-refractivity contribution in [2.45, 2.75) is 97.3 Å². The summed E-state index contributed by atoms with van der Waals surface area (Å²) >= 11 is 6.29. The molecule has 0 aliphatic carbocycles. The lowest BCUT2D eigenvalue weighted by molar-refractivity contribution is -0.138. The van der Waals surface area contributed by atoms with E-state index in [4.69, 9.17) is 25.5 Å². The highest BCUT2D eigenvalue weighted by atomic mass is 35.5. The molecule has 1 aliphatic heterocycles. The van der Waals surface area contributed by atoms with Gasteiger partial charge in [0.1, 0.15) is 17.0 Å². The molecule has 46 heavy (non-hydrogen) atoms. The van der Waals surface area contributed by atoms with Gasteiger partial charge in [-0.25, -0.2) is 9.78 Å². The van der Waals surface area contributed by atoms with Gasteiger partial charge in [-0.2, -0.15) is 18.2 Å². The highest BCUT2D eigenvalue weighted by Crippen LogP contribution is 2.40. The lowest BCUT2D eigenvalue weighted by Crippen LogP contribution is -2.41. The molecular formula is C33H46ClF3N4O4Si. The first-order valence-corrected chi connectivity index (χ1v) is 19.5. The van der Waals surface area contributed by atoms with Crippen LogP contribution >= 0.6 is 11.6 Å². The van der Waals surface area contributed by atoms with Gasteiger partial charge in [-0.1, -0.05) is 19.8 Å². The maximum atomic E-state index is 14.3. The summed E-state index contributed by atoms with van der Waals surface area (Å²) in [6, 6.07) is 6.87. The van der Waals surface area contributed by atoms with Crippen molar-refractivity contribution in [3.63, 3.8) is 0 Å². The second-order valence-corrected chi connectivity index (χ2v) is 18.2. The number of hydrogen-bond donors (Lipinski definition) is 0. The van der Waals surface area contributed by atoms with Crippen LogP contribution in [0.3, 0.4) is 0 Å². The number of likely N-dealkylation sites (tertiary alicyclic amines) is 1. The van der Waals surface area contributed by atoms with Gasteiger partial charge in [0.15, 0.2) is 8.32 Å². The molecule has 1 saturated heterocycles. The first kappa shape index (κ1) is 36.0. The zero-order valence-electron chi connectivity index (χ0n) is 27.7. The van der Waals surface area contributed by atoms with Crippen molar-refractivity contribution < 1.29 is 31.9 Å². The number of unbranched alkanes of at least 4 members (excludes halogenated alkanes) is 1. The first-order chi connectivity index (χ1) is 21.6. The molecule has 13 heteroatoms. The Bertz CT molecular complexity index is 1480. The lowest BCUT2D eigenvalue weighted by atomic mass is 9.94. The van der Waals surface area contributed by atoms with Gasteiger partial charge in [0, 0.05) is 36.8 Å². The summed E-state index contributed by atoms with van der Waals surface area (Å²) in [5, 5.41) is 0.555. The molecule has 1 amide bonds. The normalized spacial score (nSPS) is 15.0. The van der Waals surface area contributed by atoms with Gasteiger partial charge in [-0.3, -0.25) is 0 Å². The Morgan fingerprint density at radius 1 is 1.09 bits per heavy atom. The van der Waals surface area contributed by atoms with Gasteiger partial charge in [0.05, 0.1) is 24.5 Å². The van der Waals surface area contributed by atoms with Crippen LogP contribution in [0.25, 0.3) is 22.3 Å². The summed E-state index contributed by atoms with van der Waals surface area (Å²) in [4.78, 5) is 22.7. The molecule has 254 valence electrons. The van der Waals surface area contributed by atoms with Crippen LogP contribution in [-0.4, -0.2) is 65.7 Å². The number of carbonyl (C=O) groups is 1. The Hall–Kier alpha value is -2.83. The van der Waals surface area contributed by atoms with Crippen molar-refractivity contribution in [3.05, 3.63) is 41.3 Å². The van der Waals surface area contributed by atoms with Gasteiger partial charge < -0.3 is 23.4 Å². The predicted molar refractivity (Wildman–Crippen MR) is 177 cm³/mol. The van der Waals surface area contributed by atoms with E-state index in [0.717, 1.165) is 37.8 Å². The fourth-order valence-corrected chi connectivity index (χ4v) is 7.78. The molecule has 0 saturated carbocycles. The second kappa shape index (κ2) is 14.9. The number of amides is 1. The fraction of sp³-hybridized carbons (Fsp3) is 0.606. The minimum atomic E-state index is -4.64. The molecule has 0 bridgehead atoms. The van der Waals surface area contributed by atoms with E-state index in [9.17, 15) is 18.0 Å². The van der Waals surface area contributed by atoms with Crippen LogP contribution in [0.2, 0.25) is 24.4 Å².